The molecule has 30 heavy (non-hydrogen) atoms. The van der Waals surface area contributed by atoms with Crippen molar-refractivity contribution in [3.63, 3.8) is 0 Å². The Labute approximate surface area is 179 Å². The molecule has 3 heteroatoms. The van der Waals surface area contributed by atoms with Gasteiger partial charge in [-0.1, -0.05) is 48.5 Å². The highest BCUT2D eigenvalue weighted by Crippen LogP contribution is 2.22. The summed E-state index contributed by atoms with van der Waals surface area (Å²) in [6.07, 6.45) is 2.94. The van der Waals surface area contributed by atoms with Gasteiger partial charge in [0.05, 0.1) is 17.6 Å². The summed E-state index contributed by atoms with van der Waals surface area (Å²) in [7, 11) is 0. The van der Waals surface area contributed by atoms with E-state index in [9.17, 15) is 0 Å². The molecule has 4 aromatic rings. The third-order valence-electron chi connectivity index (χ3n) is 5.93. The highest BCUT2D eigenvalue weighted by Gasteiger charge is 2.12. The monoisotopic (exact) mass is 398 g/mol. The fourth-order valence-electron chi connectivity index (χ4n) is 3.92. The minimum Gasteiger partial charge on any atom is -0.493 e. The fourth-order valence-corrected chi connectivity index (χ4v) is 3.92. The van der Waals surface area contributed by atoms with Crippen LogP contribution in [0, 0.1) is 20.8 Å². The van der Waals surface area contributed by atoms with Crippen molar-refractivity contribution in [1.82, 2.24) is 9.55 Å². The first-order chi connectivity index (χ1) is 14.6. The molecule has 0 bridgehead atoms. The van der Waals surface area contributed by atoms with E-state index in [2.05, 4.69) is 92.1 Å². The predicted octanol–water partition coefficient (Wildman–Crippen LogP) is 6.41. The molecule has 0 saturated carbocycles. The molecule has 0 aliphatic rings. The molecule has 4 rings (SSSR count). The maximum Gasteiger partial charge on any atom is 0.122 e. The van der Waals surface area contributed by atoms with Crippen molar-refractivity contribution in [2.24, 2.45) is 0 Å². The normalized spacial score (nSPS) is 11.2. The van der Waals surface area contributed by atoms with Crippen LogP contribution in [0.15, 0.2) is 66.7 Å². The van der Waals surface area contributed by atoms with Crippen molar-refractivity contribution in [3.05, 3.63) is 94.8 Å². The number of para-hydroxylation sites is 2. The summed E-state index contributed by atoms with van der Waals surface area (Å²) in [5, 5.41) is 0. The third-order valence-corrected chi connectivity index (χ3v) is 5.93. The molecular weight excluding hydrogens is 368 g/mol. The molecule has 0 fully saturated rings. The molecule has 0 saturated heterocycles. The van der Waals surface area contributed by atoms with Gasteiger partial charge >= 0.3 is 0 Å². The summed E-state index contributed by atoms with van der Waals surface area (Å²) >= 11 is 0. The maximum absolute atomic E-state index is 6.04. The van der Waals surface area contributed by atoms with E-state index in [1.165, 1.54) is 27.8 Å². The van der Waals surface area contributed by atoms with Crippen LogP contribution < -0.4 is 4.74 Å². The first-order valence-electron chi connectivity index (χ1n) is 10.8. The zero-order valence-electron chi connectivity index (χ0n) is 18.2. The first kappa shape index (κ1) is 20.2. The molecular formula is C27H30N2O. The molecule has 0 radical (unpaired) electrons. The van der Waals surface area contributed by atoms with Gasteiger partial charge in [-0.3, -0.25) is 0 Å². The number of aryl methyl sites for hydroxylation is 3. The van der Waals surface area contributed by atoms with E-state index in [4.69, 9.17) is 9.72 Å². The van der Waals surface area contributed by atoms with Gasteiger partial charge in [0.2, 0.25) is 0 Å². The standard InChI is InChI=1S/C27H30N2O/c1-20-12-10-16-26(22(20)3)30-18-9-8-17-29-25-15-7-6-14-24(25)28-27(29)19-23-13-5-4-11-21(23)2/h4-7,10-16H,8-9,17-19H2,1-3H3. The van der Waals surface area contributed by atoms with Crippen molar-refractivity contribution in [2.45, 2.75) is 46.6 Å². The van der Waals surface area contributed by atoms with Gasteiger partial charge in [0.15, 0.2) is 0 Å². The average Bonchev–Trinajstić information content (AvgIpc) is 3.09. The number of fused-ring (bicyclic) bond motifs is 1. The van der Waals surface area contributed by atoms with Crippen LogP contribution in [-0.4, -0.2) is 16.2 Å². The lowest BCUT2D eigenvalue weighted by molar-refractivity contribution is 0.301. The van der Waals surface area contributed by atoms with E-state index in [0.29, 0.717) is 0 Å². The lowest BCUT2D eigenvalue weighted by Gasteiger charge is -2.12. The van der Waals surface area contributed by atoms with Gasteiger partial charge in [0.25, 0.3) is 0 Å². The largest absolute Gasteiger partial charge is 0.493 e. The topological polar surface area (TPSA) is 27.1 Å². The Balaban J connectivity index is 1.44. The van der Waals surface area contributed by atoms with Crippen LogP contribution >= 0.6 is 0 Å². The number of aromatic nitrogens is 2. The SMILES string of the molecule is Cc1ccccc1Cc1nc2ccccc2n1CCCCOc1cccc(C)c1C. The van der Waals surface area contributed by atoms with Crippen molar-refractivity contribution in [2.75, 3.05) is 6.61 Å². The molecule has 0 aliphatic carbocycles. The number of ether oxygens (including phenoxy) is 1. The Morgan fingerprint density at radius 2 is 1.57 bits per heavy atom. The van der Waals surface area contributed by atoms with Crippen molar-refractivity contribution in [1.29, 1.82) is 0 Å². The number of hydrogen-bond donors (Lipinski definition) is 0. The molecule has 1 heterocycles. The van der Waals surface area contributed by atoms with Crippen LogP contribution in [0.5, 0.6) is 5.75 Å². The van der Waals surface area contributed by atoms with Crippen LogP contribution in [0.2, 0.25) is 0 Å². The Bertz CT molecular complexity index is 1140. The van der Waals surface area contributed by atoms with Gasteiger partial charge in [0.1, 0.15) is 11.6 Å². The number of imidazole rings is 1. The van der Waals surface area contributed by atoms with Gasteiger partial charge in [-0.15, -0.1) is 0 Å². The Morgan fingerprint density at radius 1 is 0.800 bits per heavy atom. The zero-order valence-corrected chi connectivity index (χ0v) is 18.2. The lowest BCUT2D eigenvalue weighted by Crippen LogP contribution is -2.07. The minimum absolute atomic E-state index is 0.740. The molecule has 0 spiro atoms. The molecule has 0 aliphatic heterocycles. The second-order valence-corrected chi connectivity index (χ2v) is 8.03. The Morgan fingerprint density at radius 3 is 2.43 bits per heavy atom. The lowest BCUT2D eigenvalue weighted by atomic mass is 10.1. The van der Waals surface area contributed by atoms with E-state index in [0.717, 1.165) is 49.5 Å². The van der Waals surface area contributed by atoms with Crippen LogP contribution in [0.4, 0.5) is 0 Å². The Kier molecular flexibility index (Phi) is 6.18. The van der Waals surface area contributed by atoms with Crippen LogP contribution in [0.3, 0.4) is 0 Å². The molecule has 0 unspecified atom stereocenters. The molecule has 0 N–H and O–H groups in total. The van der Waals surface area contributed by atoms with E-state index in [-0.39, 0.29) is 0 Å². The minimum atomic E-state index is 0.740. The molecule has 0 amide bonds. The van der Waals surface area contributed by atoms with Crippen LogP contribution in [0.25, 0.3) is 11.0 Å². The van der Waals surface area contributed by atoms with Gasteiger partial charge in [0, 0.05) is 13.0 Å². The second kappa shape index (κ2) is 9.17. The van der Waals surface area contributed by atoms with E-state index < -0.39 is 0 Å². The van der Waals surface area contributed by atoms with E-state index >= 15 is 0 Å². The average molecular weight is 399 g/mol. The summed E-state index contributed by atoms with van der Waals surface area (Å²) in [4.78, 5) is 4.95. The van der Waals surface area contributed by atoms with Gasteiger partial charge in [-0.05, 0) is 74.1 Å². The summed E-state index contributed by atoms with van der Waals surface area (Å²) in [5.74, 6) is 2.14. The van der Waals surface area contributed by atoms with Gasteiger partial charge in [-0.2, -0.15) is 0 Å². The highest BCUT2D eigenvalue weighted by molar-refractivity contribution is 5.76. The first-order valence-corrected chi connectivity index (χ1v) is 10.8. The number of hydrogen-bond acceptors (Lipinski definition) is 2. The quantitative estimate of drug-likeness (QED) is 0.321. The molecule has 154 valence electrons. The number of nitrogens with zero attached hydrogens (tertiary/aromatic N) is 2. The number of unbranched alkanes of at least 4 members (excludes halogenated alkanes) is 1. The predicted molar refractivity (Wildman–Crippen MR) is 124 cm³/mol. The van der Waals surface area contributed by atoms with Crippen LogP contribution in [-0.2, 0) is 13.0 Å². The number of rotatable bonds is 8. The highest BCUT2D eigenvalue weighted by atomic mass is 16.5. The van der Waals surface area contributed by atoms with E-state index in [1.54, 1.807) is 0 Å². The smallest absolute Gasteiger partial charge is 0.122 e. The number of benzene rings is 3. The molecule has 1 aromatic heterocycles. The summed E-state index contributed by atoms with van der Waals surface area (Å²) in [6.45, 7) is 8.12. The fraction of sp³-hybridized carbons (Fsp3) is 0.296. The summed E-state index contributed by atoms with van der Waals surface area (Å²) in [5.41, 5.74) is 7.46. The van der Waals surface area contributed by atoms with Crippen LogP contribution in [0.1, 0.15) is 40.9 Å². The Hall–Kier alpha value is -3.07. The maximum atomic E-state index is 6.04. The molecule has 0 atom stereocenters. The van der Waals surface area contributed by atoms with Crippen molar-refractivity contribution >= 4 is 11.0 Å². The summed E-state index contributed by atoms with van der Waals surface area (Å²) < 4.78 is 8.43. The van der Waals surface area contributed by atoms with Crippen molar-refractivity contribution in [3.8, 4) is 5.75 Å². The zero-order chi connectivity index (χ0) is 20.9. The van der Waals surface area contributed by atoms with Gasteiger partial charge < -0.3 is 9.30 Å². The van der Waals surface area contributed by atoms with Crippen molar-refractivity contribution < 1.29 is 4.74 Å². The van der Waals surface area contributed by atoms with E-state index in [1.807, 2.05) is 0 Å². The molecule has 3 aromatic carbocycles. The molecule has 3 nitrogen and oxygen atoms in total. The third kappa shape index (κ3) is 4.40. The van der Waals surface area contributed by atoms with Gasteiger partial charge in [-0.25, -0.2) is 4.98 Å². The summed E-state index contributed by atoms with van der Waals surface area (Å²) in [6, 6.07) is 23.3. The second-order valence-electron chi connectivity index (χ2n) is 8.03.